The third-order valence-electron chi connectivity index (χ3n) is 2.93. The van der Waals surface area contributed by atoms with Crippen molar-refractivity contribution in [1.29, 1.82) is 0 Å². The number of nitrogens with zero attached hydrogens (tertiary/aromatic N) is 1. The predicted molar refractivity (Wildman–Crippen MR) is 54.2 cm³/mol. The maximum atomic E-state index is 5.15. The van der Waals surface area contributed by atoms with Crippen LogP contribution in [0.1, 0.15) is 17.9 Å². The van der Waals surface area contributed by atoms with E-state index in [0.29, 0.717) is 5.92 Å². The molecule has 1 aliphatic heterocycles. The maximum Gasteiger partial charge on any atom is 0.167 e. The van der Waals surface area contributed by atoms with Crippen LogP contribution in [0.3, 0.4) is 0 Å². The Hall–Kier alpha value is -1.35. The number of benzene rings is 1. The zero-order valence-corrected chi connectivity index (χ0v) is 7.86. The predicted octanol–water partition coefficient (Wildman–Crippen LogP) is 1.90. The summed E-state index contributed by atoms with van der Waals surface area (Å²) in [5.74, 6) is 0.623. The lowest BCUT2D eigenvalue weighted by atomic mass is 9.96. The number of hydrogen-bond acceptors (Lipinski definition) is 3. The number of fused-ring (bicyclic) bond motifs is 1. The van der Waals surface area contributed by atoms with E-state index < -0.39 is 0 Å². The topological polar surface area (TPSA) is 38.1 Å². The minimum Gasteiger partial charge on any atom is -0.356 e. The van der Waals surface area contributed by atoms with Gasteiger partial charge in [-0.25, -0.2) is 0 Å². The molecule has 0 bridgehead atoms. The van der Waals surface area contributed by atoms with Gasteiger partial charge in [-0.2, -0.15) is 0 Å². The van der Waals surface area contributed by atoms with Crippen LogP contribution in [0.5, 0.6) is 0 Å². The van der Waals surface area contributed by atoms with Gasteiger partial charge < -0.3 is 9.84 Å². The average Bonchev–Trinajstić information content (AvgIpc) is 2.88. The van der Waals surface area contributed by atoms with E-state index in [1.165, 1.54) is 17.4 Å². The molecule has 0 aliphatic carbocycles. The molecule has 2 aromatic rings. The average molecular weight is 188 g/mol. The van der Waals surface area contributed by atoms with Gasteiger partial charge in [0.05, 0.1) is 6.20 Å². The number of hydrogen-bond donors (Lipinski definition) is 1. The quantitative estimate of drug-likeness (QED) is 0.742. The molecule has 1 fully saturated rings. The van der Waals surface area contributed by atoms with Crippen molar-refractivity contribution in [2.45, 2.75) is 12.3 Å². The maximum absolute atomic E-state index is 5.15. The molecule has 1 N–H and O–H groups in total. The second-order valence-electron chi connectivity index (χ2n) is 3.77. The molecule has 1 aliphatic rings. The third kappa shape index (κ3) is 1.13. The van der Waals surface area contributed by atoms with Gasteiger partial charge >= 0.3 is 0 Å². The summed E-state index contributed by atoms with van der Waals surface area (Å²) in [6.45, 7) is 2.19. The molecule has 0 spiro atoms. The molecule has 72 valence electrons. The van der Waals surface area contributed by atoms with E-state index in [0.717, 1.165) is 18.7 Å². The van der Waals surface area contributed by atoms with Crippen LogP contribution in [0.2, 0.25) is 0 Å². The van der Waals surface area contributed by atoms with E-state index in [9.17, 15) is 0 Å². The summed E-state index contributed by atoms with van der Waals surface area (Å²) < 4.78 is 5.15. The highest BCUT2D eigenvalue weighted by Gasteiger charge is 2.19. The molecule has 1 atom stereocenters. The van der Waals surface area contributed by atoms with Gasteiger partial charge in [0.25, 0.3) is 0 Å². The molecule has 1 aromatic carbocycles. The zero-order valence-electron chi connectivity index (χ0n) is 7.86. The van der Waals surface area contributed by atoms with Gasteiger partial charge in [0, 0.05) is 11.9 Å². The van der Waals surface area contributed by atoms with Gasteiger partial charge in [-0.05, 0) is 30.5 Å². The minimum atomic E-state index is 0.623. The molecule has 3 heteroatoms. The van der Waals surface area contributed by atoms with Crippen molar-refractivity contribution in [1.82, 2.24) is 10.5 Å². The first-order valence-corrected chi connectivity index (χ1v) is 4.99. The Balaban J connectivity index is 2.14. The zero-order chi connectivity index (χ0) is 9.38. The lowest BCUT2D eigenvalue weighted by molar-refractivity contribution is 0.456. The van der Waals surface area contributed by atoms with E-state index >= 15 is 0 Å². The molecule has 0 amide bonds. The fourth-order valence-corrected chi connectivity index (χ4v) is 2.19. The van der Waals surface area contributed by atoms with Gasteiger partial charge in [0.15, 0.2) is 5.58 Å². The number of aromatic nitrogens is 1. The van der Waals surface area contributed by atoms with Crippen molar-refractivity contribution < 1.29 is 4.52 Å². The standard InChI is InChI=1S/C11H12N2O/c1-2-9(8-4-5-12-6-8)10-7-13-14-11(10)3-1/h1-3,7-8,12H,4-6H2. The van der Waals surface area contributed by atoms with Crippen LogP contribution < -0.4 is 5.32 Å². The van der Waals surface area contributed by atoms with Crippen molar-refractivity contribution in [3.8, 4) is 0 Å². The largest absolute Gasteiger partial charge is 0.356 e. The summed E-state index contributed by atoms with van der Waals surface area (Å²) in [7, 11) is 0. The highest BCUT2D eigenvalue weighted by atomic mass is 16.5. The van der Waals surface area contributed by atoms with Gasteiger partial charge in [0.1, 0.15) is 0 Å². The summed E-state index contributed by atoms with van der Waals surface area (Å²) in [5, 5.41) is 8.38. The molecule has 0 saturated carbocycles. The summed E-state index contributed by atoms with van der Waals surface area (Å²) in [4.78, 5) is 0. The Bertz CT molecular complexity index is 443. The van der Waals surface area contributed by atoms with Crippen molar-refractivity contribution in [3.05, 3.63) is 30.0 Å². The first kappa shape index (κ1) is 8.00. The van der Waals surface area contributed by atoms with Crippen LogP contribution in [0.25, 0.3) is 11.0 Å². The minimum absolute atomic E-state index is 0.623. The highest BCUT2D eigenvalue weighted by Crippen LogP contribution is 2.29. The molecule has 1 saturated heterocycles. The van der Waals surface area contributed by atoms with Crippen LogP contribution in [-0.2, 0) is 0 Å². The van der Waals surface area contributed by atoms with Crippen LogP contribution in [0.15, 0.2) is 28.9 Å². The molecule has 2 heterocycles. The number of rotatable bonds is 1. The fourth-order valence-electron chi connectivity index (χ4n) is 2.19. The Morgan fingerprint density at radius 2 is 2.43 bits per heavy atom. The fraction of sp³-hybridized carbons (Fsp3) is 0.364. The van der Waals surface area contributed by atoms with E-state index in [4.69, 9.17) is 4.52 Å². The van der Waals surface area contributed by atoms with Crippen LogP contribution in [0.4, 0.5) is 0 Å². The second kappa shape index (κ2) is 3.10. The third-order valence-corrected chi connectivity index (χ3v) is 2.93. The second-order valence-corrected chi connectivity index (χ2v) is 3.77. The van der Waals surface area contributed by atoms with Crippen LogP contribution in [0, 0.1) is 0 Å². The first-order chi connectivity index (χ1) is 6.95. The molecule has 14 heavy (non-hydrogen) atoms. The summed E-state index contributed by atoms with van der Waals surface area (Å²) in [5.41, 5.74) is 2.27. The van der Waals surface area contributed by atoms with Crippen LogP contribution in [-0.4, -0.2) is 18.2 Å². The molecule has 1 aromatic heterocycles. The molecular formula is C11H12N2O. The molecule has 3 rings (SSSR count). The van der Waals surface area contributed by atoms with E-state index in [1.807, 2.05) is 18.3 Å². The van der Waals surface area contributed by atoms with Gasteiger partial charge in [-0.15, -0.1) is 0 Å². The normalized spacial score (nSPS) is 21.9. The summed E-state index contributed by atoms with van der Waals surface area (Å²) in [6, 6.07) is 6.19. The molecule has 3 nitrogen and oxygen atoms in total. The highest BCUT2D eigenvalue weighted by molar-refractivity contribution is 5.80. The summed E-state index contributed by atoms with van der Waals surface area (Å²) >= 11 is 0. The Morgan fingerprint density at radius 1 is 1.43 bits per heavy atom. The van der Waals surface area contributed by atoms with Gasteiger partial charge in [-0.3, -0.25) is 0 Å². The molecule has 1 unspecified atom stereocenters. The van der Waals surface area contributed by atoms with Crippen molar-refractivity contribution in [2.75, 3.05) is 13.1 Å². The summed E-state index contributed by atoms with van der Waals surface area (Å²) in [6.07, 6.45) is 3.04. The smallest absolute Gasteiger partial charge is 0.167 e. The van der Waals surface area contributed by atoms with E-state index in [1.54, 1.807) is 0 Å². The Morgan fingerprint density at radius 3 is 3.29 bits per heavy atom. The Labute approximate surface area is 82.1 Å². The molecule has 0 radical (unpaired) electrons. The van der Waals surface area contributed by atoms with Crippen molar-refractivity contribution in [3.63, 3.8) is 0 Å². The lowest BCUT2D eigenvalue weighted by Crippen LogP contribution is -2.07. The Kier molecular flexibility index (Phi) is 1.77. The SMILES string of the molecule is c1cc(C2CCNC2)c2cnoc2c1. The van der Waals surface area contributed by atoms with Crippen molar-refractivity contribution >= 4 is 11.0 Å². The monoisotopic (exact) mass is 188 g/mol. The lowest BCUT2D eigenvalue weighted by Gasteiger charge is -2.08. The van der Waals surface area contributed by atoms with Gasteiger partial charge in [0.2, 0.25) is 0 Å². The van der Waals surface area contributed by atoms with Crippen LogP contribution >= 0.6 is 0 Å². The first-order valence-electron chi connectivity index (χ1n) is 4.99. The van der Waals surface area contributed by atoms with E-state index in [2.05, 4.69) is 16.5 Å². The van der Waals surface area contributed by atoms with Crippen molar-refractivity contribution in [2.24, 2.45) is 0 Å². The number of nitrogens with one attached hydrogen (secondary N) is 1. The molecular weight excluding hydrogens is 176 g/mol. The van der Waals surface area contributed by atoms with E-state index in [-0.39, 0.29) is 0 Å². The van der Waals surface area contributed by atoms with Gasteiger partial charge in [-0.1, -0.05) is 17.3 Å².